The molecule has 1 aliphatic rings. The Morgan fingerprint density at radius 2 is 1.88 bits per heavy atom. The van der Waals surface area contributed by atoms with Crippen LogP contribution < -0.4 is 0 Å². The fourth-order valence-corrected chi connectivity index (χ4v) is 2.34. The third kappa shape index (κ3) is 5.11. The molecule has 0 bridgehead atoms. The van der Waals surface area contributed by atoms with Gasteiger partial charge in [0.25, 0.3) is 0 Å². The van der Waals surface area contributed by atoms with Crippen molar-refractivity contribution in [1.29, 1.82) is 0 Å². The molecule has 0 unspecified atom stereocenters. The average Bonchev–Trinajstić information content (AvgIpc) is 2.70. The quantitative estimate of drug-likeness (QED) is 0.587. The van der Waals surface area contributed by atoms with Crippen LogP contribution in [0.5, 0.6) is 0 Å². The first kappa shape index (κ1) is 13.7. The Balaban J connectivity index is 2.05. The molecule has 2 heteroatoms. The third-order valence-corrected chi connectivity index (χ3v) is 3.55. The van der Waals surface area contributed by atoms with Gasteiger partial charge in [0.2, 0.25) is 0 Å². The molecular weight excluding hydrogens is 200 g/mol. The van der Waals surface area contributed by atoms with Gasteiger partial charge in [0.1, 0.15) is 6.61 Å². The number of ketones is 1. The first-order valence-electron chi connectivity index (χ1n) is 6.82. The lowest BCUT2D eigenvalue weighted by atomic mass is 10.1. The maximum atomic E-state index is 11.6. The van der Waals surface area contributed by atoms with Gasteiger partial charge in [-0.15, -0.1) is 0 Å². The number of rotatable bonds is 8. The Hall–Kier alpha value is -0.370. The summed E-state index contributed by atoms with van der Waals surface area (Å²) < 4.78 is 5.76. The molecule has 94 valence electrons. The van der Waals surface area contributed by atoms with E-state index in [1.54, 1.807) is 0 Å². The first-order valence-corrected chi connectivity index (χ1v) is 6.82. The SMILES string of the molecule is CCCCCCC(=O)COC1(C)CCCC1. The van der Waals surface area contributed by atoms with Gasteiger partial charge in [-0.25, -0.2) is 0 Å². The lowest BCUT2D eigenvalue weighted by Gasteiger charge is -2.23. The maximum Gasteiger partial charge on any atom is 0.158 e. The number of ether oxygens (including phenoxy) is 1. The zero-order valence-electron chi connectivity index (χ0n) is 10.9. The van der Waals surface area contributed by atoms with Crippen molar-refractivity contribution in [3.8, 4) is 0 Å². The molecule has 16 heavy (non-hydrogen) atoms. The molecule has 0 aromatic carbocycles. The van der Waals surface area contributed by atoms with Crippen LogP contribution >= 0.6 is 0 Å². The summed E-state index contributed by atoms with van der Waals surface area (Å²) in [4.78, 5) is 11.6. The van der Waals surface area contributed by atoms with E-state index in [1.807, 2.05) is 0 Å². The number of Topliss-reactive ketones (excluding diaryl/α,β-unsaturated/α-hetero) is 1. The fraction of sp³-hybridized carbons (Fsp3) is 0.929. The summed E-state index contributed by atoms with van der Waals surface area (Å²) in [5.74, 6) is 0.282. The Kier molecular flexibility index (Phi) is 6.04. The van der Waals surface area contributed by atoms with Gasteiger partial charge in [0, 0.05) is 6.42 Å². The highest BCUT2D eigenvalue weighted by Crippen LogP contribution is 2.32. The second-order valence-corrected chi connectivity index (χ2v) is 5.30. The van der Waals surface area contributed by atoms with E-state index < -0.39 is 0 Å². The fourth-order valence-electron chi connectivity index (χ4n) is 2.34. The lowest BCUT2D eigenvalue weighted by Crippen LogP contribution is -2.27. The van der Waals surface area contributed by atoms with Crippen LogP contribution in [0.15, 0.2) is 0 Å². The Morgan fingerprint density at radius 3 is 2.50 bits per heavy atom. The van der Waals surface area contributed by atoms with Gasteiger partial charge in [-0.1, -0.05) is 39.0 Å². The topological polar surface area (TPSA) is 26.3 Å². The highest BCUT2D eigenvalue weighted by atomic mass is 16.5. The molecule has 0 aliphatic heterocycles. The van der Waals surface area contributed by atoms with E-state index >= 15 is 0 Å². The minimum atomic E-state index is -0.000914. The van der Waals surface area contributed by atoms with Crippen LogP contribution in [-0.4, -0.2) is 18.0 Å². The first-order chi connectivity index (χ1) is 7.66. The van der Waals surface area contributed by atoms with Crippen LogP contribution in [0.25, 0.3) is 0 Å². The van der Waals surface area contributed by atoms with E-state index in [0.29, 0.717) is 13.0 Å². The van der Waals surface area contributed by atoms with Gasteiger partial charge >= 0.3 is 0 Å². The number of hydrogen-bond acceptors (Lipinski definition) is 2. The average molecular weight is 226 g/mol. The second kappa shape index (κ2) is 7.05. The predicted molar refractivity (Wildman–Crippen MR) is 66.6 cm³/mol. The molecule has 0 spiro atoms. The van der Waals surface area contributed by atoms with E-state index in [-0.39, 0.29) is 11.4 Å². The second-order valence-electron chi connectivity index (χ2n) is 5.30. The van der Waals surface area contributed by atoms with Gasteiger partial charge in [-0.05, 0) is 26.2 Å². The number of carbonyl (C=O) groups excluding carboxylic acids is 1. The summed E-state index contributed by atoms with van der Waals surface area (Å²) in [6.07, 6.45) is 10.1. The third-order valence-electron chi connectivity index (χ3n) is 3.55. The molecule has 0 saturated heterocycles. The Labute approximate surface area is 99.8 Å². The maximum absolute atomic E-state index is 11.6. The standard InChI is InChI=1S/C14H26O2/c1-3-4-5-6-9-13(15)12-16-14(2)10-7-8-11-14/h3-12H2,1-2H3. The molecule has 1 saturated carbocycles. The molecule has 0 atom stereocenters. The summed E-state index contributed by atoms with van der Waals surface area (Å²) >= 11 is 0. The van der Waals surface area contributed by atoms with Crippen LogP contribution in [0.4, 0.5) is 0 Å². The van der Waals surface area contributed by atoms with E-state index in [1.165, 1.54) is 32.1 Å². The zero-order chi connectivity index (χ0) is 11.9. The summed E-state index contributed by atoms with van der Waals surface area (Å²) in [5, 5.41) is 0. The Morgan fingerprint density at radius 1 is 1.19 bits per heavy atom. The normalized spacial score (nSPS) is 18.9. The Bertz CT molecular complexity index is 205. The van der Waals surface area contributed by atoms with Gasteiger partial charge in [0.15, 0.2) is 5.78 Å². The van der Waals surface area contributed by atoms with E-state index in [2.05, 4.69) is 13.8 Å². The molecule has 1 aliphatic carbocycles. The van der Waals surface area contributed by atoms with Crippen LogP contribution in [0, 0.1) is 0 Å². The van der Waals surface area contributed by atoms with Gasteiger partial charge in [0.05, 0.1) is 5.60 Å². The van der Waals surface area contributed by atoms with Crippen molar-refractivity contribution >= 4 is 5.78 Å². The molecule has 0 aromatic rings. The van der Waals surface area contributed by atoms with Crippen LogP contribution in [0.2, 0.25) is 0 Å². The summed E-state index contributed by atoms with van der Waals surface area (Å²) in [5.41, 5.74) is -0.000914. The van der Waals surface area contributed by atoms with Gasteiger partial charge in [-0.2, -0.15) is 0 Å². The molecule has 0 radical (unpaired) electrons. The van der Waals surface area contributed by atoms with Gasteiger partial charge < -0.3 is 4.74 Å². The highest BCUT2D eigenvalue weighted by Gasteiger charge is 2.29. The molecule has 0 aromatic heterocycles. The van der Waals surface area contributed by atoms with Crippen molar-refractivity contribution in [2.24, 2.45) is 0 Å². The number of carbonyl (C=O) groups is 1. The van der Waals surface area contributed by atoms with E-state index in [4.69, 9.17) is 4.74 Å². The molecule has 0 amide bonds. The van der Waals surface area contributed by atoms with Crippen molar-refractivity contribution < 1.29 is 9.53 Å². The van der Waals surface area contributed by atoms with Crippen LogP contribution in [0.3, 0.4) is 0 Å². The molecule has 2 nitrogen and oxygen atoms in total. The monoisotopic (exact) mass is 226 g/mol. The molecule has 1 fully saturated rings. The highest BCUT2D eigenvalue weighted by molar-refractivity contribution is 5.79. The van der Waals surface area contributed by atoms with Crippen molar-refractivity contribution in [2.45, 2.75) is 77.2 Å². The predicted octanol–water partition coefficient (Wildman–Crippen LogP) is 3.88. The minimum absolute atomic E-state index is 0.000914. The van der Waals surface area contributed by atoms with Crippen LogP contribution in [-0.2, 0) is 9.53 Å². The lowest BCUT2D eigenvalue weighted by molar-refractivity contribution is -0.130. The summed E-state index contributed by atoms with van der Waals surface area (Å²) in [7, 11) is 0. The largest absolute Gasteiger partial charge is 0.368 e. The number of unbranched alkanes of at least 4 members (excludes halogenated alkanes) is 3. The van der Waals surface area contributed by atoms with Crippen molar-refractivity contribution in [3.05, 3.63) is 0 Å². The summed E-state index contributed by atoms with van der Waals surface area (Å²) in [6, 6.07) is 0. The van der Waals surface area contributed by atoms with E-state index in [0.717, 1.165) is 19.3 Å². The van der Waals surface area contributed by atoms with Crippen molar-refractivity contribution in [2.75, 3.05) is 6.61 Å². The van der Waals surface area contributed by atoms with Crippen molar-refractivity contribution in [1.82, 2.24) is 0 Å². The van der Waals surface area contributed by atoms with Crippen molar-refractivity contribution in [3.63, 3.8) is 0 Å². The molecule has 1 rings (SSSR count). The number of hydrogen-bond donors (Lipinski definition) is 0. The molecule has 0 heterocycles. The van der Waals surface area contributed by atoms with Crippen LogP contribution in [0.1, 0.15) is 71.6 Å². The van der Waals surface area contributed by atoms with E-state index in [9.17, 15) is 4.79 Å². The minimum Gasteiger partial charge on any atom is -0.368 e. The molecule has 0 N–H and O–H groups in total. The molecular formula is C14H26O2. The zero-order valence-corrected chi connectivity index (χ0v) is 10.9. The summed E-state index contributed by atoms with van der Waals surface area (Å²) in [6.45, 7) is 4.67. The smallest absolute Gasteiger partial charge is 0.158 e. The van der Waals surface area contributed by atoms with Gasteiger partial charge in [-0.3, -0.25) is 4.79 Å².